The largest absolute Gasteiger partial charge is 0.336 e. The van der Waals surface area contributed by atoms with Crippen LogP contribution in [0.2, 0.25) is 0 Å². The van der Waals surface area contributed by atoms with Crippen LogP contribution in [0.3, 0.4) is 0 Å². The van der Waals surface area contributed by atoms with E-state index < -0.39 is 0 Å². The molecule has 26 heavy (non-hydrogen) atoms. The number of piperidine rings is 1. The van der Waals surface area contributed by atoms with E-state index >= 15 is 0 Å². The minimum atomic E-state index is -0.330. The first-order valence-electron chi connectivity index (χ1n) is 9.08. The van der Waals surface area contributed by atoms with E-state index in [1.807, 2.05) is 19.2 Å². The van der Waals surface area contributed by atoms with E-state index in [9.17, 15) is 9.59 Å². The number of aryl methyl sites for hydroxylation is 3. The quantitative estimate of drug-likeness (QED) is 0.913. The third-order valence-electron chi connectivity index (χ3n) is 5.54. The van der Waals surface area contributed by atoms with Crippen molar-refractivity contribution in [3.63, 3.8) is 0 Å². The molecule has 0 radical (unpaired) electrons. The number of carbonyl (C=O) groups excluding carboxylic acids is 2. The van der Waals surface area contributed by atoms with Crippen LogP contribution >= 0.6 is 0 Å². The van der Waals surface area contributed by atoms with Gasteiger partial charge in [-0.1, -0.05) is 6.07 Å². The summed E-state index contributed by atoms with van der Waals surface area (Å²) < 4.78 is 1.73. The molecule has 0 saturated carbocycles. The smallest absolute Gasteiger partial charge is 0.231 e. The Hall–Kier alpha value is -2.70. The van der Waals surface area contributed by atoms with Crippen molar-refractivity contribution in [3.05, 3.63) is 41.3 Å². The average Bonchev–Trinajstić information content (AvgIpc) is 3.25. The van der Waals surface area contributed by atoms with E-state index in [-0.39, 0.29) is 23.8 Å². The number of hydrogen-bond acceptors (Lipinski definition) is 4. The van der Waals surface area contributed by atoms with Crippen LogP contribution in [0.15, 0.2) is 24.4 Å². The fourth-order valence-corrected chi connectivity index (χ4v) is 4.10. The number of nitrogens with zero attached hydrogens (tertiary/aromatic N) is 4. The second-order valence-electron chi connectivity index (χ2n) is 7.12. The lowest BCUT2D eigenvalue weighted by molar-refractivity contribution is -0.140. The molecule has 0 bridgehead atoms. The molecule has 1 saturated heterocycles. The van der Waals surface area contributed by atoms with Gasteiger partial charge in [-0.15, -0.1) is 0 Å². The van der Waals surface area contributed by atoms with Crippen LogP contribution in [0, 0.1) is 5.92 Å². The molecule has 7 heteroatoms. The van der Waals surface area contributed by atoms with Crippen LogP contribution in [0.1, 0.15) is 42.3 Å². The Balaban J connectivity index is 1.59. The van der Waals surface area contributed by atoms with E-state index in [1.165, 1.54) is 5.56 Å². The van der Waals surface area contributed by atoms with Crippen LogP contribution < -0.4 is 5.32 Å². The molecule has 7 nitrogen and oxygen atoms in total. The van der Waals surface area contributed by atoms with Gasteiger partial charge < -0.3 is 10.2 Å². The Kier molecular flexibility index (Phi) is 4.22. The van der Waals surface area contributed by atoms with Crippen molar-refractivity contribution in [3.8, 4) is 0 Å². The monoisotopic (exact) mass is 353 g/mol. The molecule has 1 N–H and O–H groups in total. The maximum atomic E-state index is 13.0. The highest BCUT2D eigenvalue weighted by molar-refractivity contribution is 5.94. The van der Waals surface area contributed by atoms with Crippen LogP contribution in [0.5, 0.6) is 0 Å². The van der Waals surface area contributed by atoms with Gasteiger partial charge in [0.2, 0.25) is 11.8 Å². The predicted octanol–water partition coefficient (Wildman–Crippen LogP) is 1.85. The number of carbonyl (C=O) groups is 2. The first-order chi connectivity index (χ1) is 12.5. The zero-order valence-electron chi connectivity index (χ0n) is 15.1. The van der Waals surface area contributed by atoms with Crippen molar-refractivity contribution in [2.45, 2.75) is 38.1 Å². The molecular weight excluding hydrogens is 330 g/mol. The maximum Gasteiger partial charge on any atom is 0.231 e. The van der Waals surface area contributed by atoms with Gasteiger partial charge in [-0.05, 0) is 43.4 Å². The Morgan fingerprint density at radius 2 is 2.04 bits per heavy atom. The zero-order valence-corrected chi connectivity index (χ0v) is 15.1. The second kappa shape index (κ2) is 6.55. The Morgan fingerprint density at radius 3 is 2.81 bits per heavy atom. The number of pyridine rings is 1. The van der Waals surface area contributed by atoms with Crippen molar-refractivity contribution in [1.29, 1.82) is 0 Å². The minimum Gasteiger partial charge on any atom is -0.336 e. The molecule has 1 aliphatic heterocycles. The molecule has 2 atom stereocenters. The molecule has 2 aliphatic rings. The van der Waals surface area contributed by atoms with Gasteiger partial charge in [0.1, 0.15) is 5.82 Å². The summed E-state index contributed by atoms with van der Waals surface area (Å²) in [5, 5.41) is 7.17. The average molecular weight is 353 g/mol. The van der Waals surface area contributed by atoms with Gasteiger partial charge >= 0.3 is 0 Å². The van der Waals surface area contributed by atoms with Gasteiger partial charge in [0.15, 0.2) is 0 Å². The predicted molar refractivity (Wildman–Crippen MR) is 96.3 cm³/mol. The summed E-state index contributed by atoms with van der Waals surface area (Å²) in [5.74, 6) is 0.221. The second-order valence-corrected chi connectivity index (χ2v) is 7.12. The van der Waals surface area contributed by atoms with Crippen molar-refractivity contribution < 1.29 is 9.59 Å². The van der Waals surface area contributed by atoms with Crippen LogP contribution in [0.4, 0.5) is 5.82 Å². The fraction of sp³-hybridized carbons (Fsp3) is 0.474. The number of hydrogen-bond donors (Lipinski definition) is 1. The number of amides is 2. The number of likely N-dealkylation sites (tertiary alicyclic amines) is 1. The first kappa shape index (κ1) is 16.8. The van der Waals surface area contributed by atoms with E-state index in [2.05, 4.69) is 21.5 Å². The van der Waals surface area contributed by atoms with Crippen molar-refractivity contribution in [2.75, 3.05) is 12.4 Å². The van der Waals surface area contributed by atoms with E-state index in [1.54, 1.807) is 22.8 Å². The summed E-state index contributed by atoms with van der Waals surface area (Å²) in [6.45, 7) is 0. The Labute approximate surface area is 152 Å². The summed E-state index contributed by atoms with van der Waals surface area (Å²) in [6.07, 6.45) is 5.75. The summed E-state index contributed by atoms with van der Waals surface area (Å²) in [7, 11) is 3.59. The summed E-state index contributed by atoms with van der Waals surface area (Å²) in [6, 6.07) is 5.48. The van der Waals surface area contributed by atoms with Crippen molar-refractivity contribution in [2.24, 2.45) is 13.0 Å². The Bertz CT molecular complexity index is 859. The fourth-order valence-electron chi connectivity index (χ4n) is 4.10. The molecule has 0 aromatic carbocycles. The van der Waals surface area contributed by atoms with Gasteiger partial charge in [-0.2, -0.15) is 5.10 Å². The van der Waals surface area contributed by atoms with Crippen molar-refractivity contribution >= 4 is 17.6 Å². The molecule has 2 aromatic rings. The minimum absolute atomic E-state index is 0.0518. The van der Waals surface area contributed by atoms with Gasteiger partial charge in [0.05, 0.1) is 17.7 Å². The SMILES string of the molecule is CN1C(=O)CC[C@H](C(=O)Nc2ccc3c(n2)CCC3)[C@H]1c1ccnn1C. The topological polar surface area (TPSA) is 80.1 Å². The van der Waals surface area contributed by atoms with Gasteiger partial charge in [0.25, 0.3) is 0 Å². The molecule has 2 aromatic heterocycles. The van der Waals surface area contributed by atoms with Crippen LogP contribution in [0.25, 0.3) is 0 Å². The molecule has 2 amide bonds. The lowest BCUT2D eigenvalue weighted by Crippen LogP contribution is -2.45. The highest BCUT2D eigenvalue weighted by atomic mass is 16.2. The highest BCUT2D eigenvalue weighted by Crippen LogP contribution is 2.36. The van der Waals surface area contributed by atoms with Gasteiger partial charge in [-0.25, -0.2) is 4.98 Å². The standard InChI is InChI=1S/C19H23N5O2/c1-23-17(25)9-7-13(18(23)15-10-11-20-24(15)2)19(26)22-16-8-6-12-4-3-5-14(12)21-16/h6,8,10-11,13,18H,3-5,7,9H2,1-2H3,(H,21,22,26)/t13-,18-/m0/s1. The van der Waals surface area contributed by atoms with Crippen LogP contribution in [-0.2, 0) is 29.5 Å². The summed E-state index contributed by atoms with van der Waals surface area (Å²) in [5.41, 5.74) is 3.23. The zero-order chi connectivity index (χ0) is 18.3. The van der Waals surface area contributed by atoms with Crippen molar-refractivity contribution in [1.82, 2.24) is 19.7 Å². The van der Waals surface area contributed by atoms with Crippen LogP contribution in [-0.4, -0.2) is 38.5 Å². The van der Waals surface area contributed by atoms with E-state index in [4.69, 9.17) is 0 Å². The number of anilines is 1. The van der Waals surface area contributed by atoms with Gasteiger partial charge in [0, 0.05) is 32.4 Å². The summed E-state index contributed by atoms with van der Waals surface area (Å²) >= 11 is 0. The number of rotatable bonds is 3. The maximum absolute atomic E-state index is 13.0. The molecule has 3 heterocycles. The number of aromatic nitrogens is 3. The third-order valence-corrected chi connectivity index (χ3v) is 5.54. The molecule has 0 unspecified atom stereocenters. The summed E-state index contributed by atoms with van der Waals surface area (Å²) in [4.78, 5) is 31.5. The molecule has 1 fully saturated rings. The number of fused-ring (bicyclic) bond motifs is 1. The Morgan fingerprint density at radius 1 is 1.19 bits per heavy atom. The lowest BCUT2D eigenvalue weighted by Gasteiger charge is -2.38. The normalized spacial score (nSPS) is 22.4. The molecular formula is C19H23N5O2. The third kappa shape index (κ3) is 2.87. The molecule has 136 valence electrons. The lowest BCUT2D eigenvalue weighted by atomic mass is 9.86. The molecule has 0 spiro atoms. The number of nitrogens with one attached hydrogen (secondary N) is 1. The van der Waals surface area contributed by atoms with E-state index in [0.29, 0.717) is 18.7 Å². The molecule has 4 rings (SSSR count). The highest BCUT2D eigenvalue weighted by Gasteiger charge is 2.40. The van der Waals surface area contributed by atoms with E-state index in [0.717, 1.165) is 30.7 Å². The first-order valence-corrected chi connectivity index (χ1v) is 9.08. The van der Waals surface area contributed by atoms with Gasteiger partial charge in [-0.3, -0.25) is 14.3 Å². The molecule has 1 aliphatic carbocycles.